The van der Waals surface area contributed by atoms with Crippen molar-refractivity contribution in [2.45, 2.75) is 52.5 Å². The van der Waals surface area contributed by atoms with Gasteiger partial charge in [0.15, 0.2) is 11.6 Å². The van der Waals surface area contributed by atoms with Crippen LogP contribution in [0.3, 0.4) is 0 Å². The highest BCUT2D eigenvalue weighted by molar-refractivity contribution is 5.65. The van der Waals surface area contributed by atoms with Gasteiger partial charge in [0.2, 0.25) is 0 Å². The Kier molecular flexibility index (Phi) is 4.36. The molecule has 0 spiro atoms. The smallest absolute Gasteiger partial charge is 0.161 e. The zero-order valence-electron chi connectivity index (χ0n) is 13.5. The minimum atomic E-state index is -1.19. The summed E-state index contributed by atoms with van der Waals surface area (Å²) in [6, 6.07) is 1.50. The fourth-order valence-corrected chi connectivity index (χ4v) is 2.42. The molecule has 0 saturated carbocycles. The van der Waals surface area contributed by atoms with Gasteiger partial charge in [0.05, 0.1) is 17.4 Å². The Bertz CT molecular complexity index is 684. The van der Waals surface area contributed by atoms with E-state index in [0.29, 0.717) is 11.8 Å². The number of halogens is 3. The van der Waals surface area contributed by atoms with Crippen LogP contribution in [0.15, 0.2) is 18.3 Å². The Labute approximate surface area is 129 Å². The van der Waals surface area contributed by atoms with Crippen LogP contribution in [0.2, 0.25) is 0 Å². The maximum atomic E-state index is 14.3. The van der Waals surface area contributed by atoms with Crippen LogP contribution in [-0.2, 0) is 5.54 Å². The second-order valence-corrected chi connectivity index (χ2v) is 6.59. The van der Waals surface area contributed by atoms with Crippen molar-refractivity contribution in [1.29, 1.82) is 0 Å². The molecule has 0 amide bonds. The van der Waals surface area contributed by atoms with E-state index in [2.05, 4.69) is 5.10 Å². The number of hydrogen-bond acceptors (Lipinski definition) is 1. The highest BCUT2D eigenvalue weighted by Crippen LogP contribution is 2.36. The first kappa shape index (κ1) is 16.6. The van der Waals surface area contributed by atoms with E-state index in [9.17, 15) is 13.2 Å². The van der Waals surface area contributed by atoms with Crippen molar-refractivity contribution in [2.75, 3.05) is 0 Å². The van der Waals surface area contributed by atoms with Crippen molar-refractivity contribution in [1.82, 2.24) is 9.78 Å². The van der Waals surface area contributed by atoms with Crippen LogP contribution in [0.5, 0.6) is 0 Å². The zero-order valence-corrected chi connectivity index (χ0v) is 13.5. The van der Waals surface area contributed by atoms with E-state index in [1.807, 2.05) is 34.6 Å². The number of hydrogen-bond donors (Lipinski definition) is 0. The summed E-state index contributed by atoms with van der Waals surface area (Å²) in [6.45, 7) is 9.82. The van der Waals surface area contributed by atoms with Gasteiger partial charge >= 0.3 is 0 Å². The van der Waals surface area contributed by atoms with E-state index in [4.69, 9.17) is 0 Å². The molecular formula is C17H21F3N2. The molecule has 5 heteroatoms. The average Bonchev–Trinajstić information content (AvgIpc) is 2.86. The molecule has 1 unspecified atom stereocenters. The van der Waals surface area contributed by atoms with Gasteiger partial charge in [-0.25, -0.2) is 13.2 Å². The SMILES string of the molecule is CCC(C)c1cnn(C(C)(C)C)c1-c1cc(F)c(F)cc1F. The van der Waals surface area contributed by atoms with Gasteiger partial charge < -0.3 is 0 Å². The van der Waals surface area contributed by atoms with Crippen LogP contribution in [-0.4, -0.2) is 9.78 Å². The van der Waals surface area contributed by atoms with Crippen LogP contribution in [0.1, 0.15) is 52.5 Å². The molecule has 0 bridgehead atoms. The number of benzene rings is 1. The molecule has 0 radical (unpaired) electrons. The Balaban J connectivity index is 2.77. The monoisotopic (exact) mass is 310 g/mol. The van der Waals surface area contributed by atoms with Crippen LogP contribution in [0, 0.1) is 17.5 Å². The van der Waals surface area contributed by atoms with Gasteiger partial charge in [-0.3, -0.25) is 4.68 Å². The molecule has 0 aliphatic heterocycles. The van der Waals surface area contributed by atoms with Gasteiger partial charge in [0.1, 0.15) is 5.82 Å². The molecule has 0 fully saturated rings. The molecule has 0 N–H and O–H groups in total. The van der Waals surface area contributed by atoms with Gasteiger partial charge in [-0.15, -0.1) is 0 Å². The number of nitrogens with zero attached hydrogens (tertiary/aromatic N) is 2. The normalized spacial score (nSPS) is 13.5. The molecule has 2 aromatic rings. The summed E-state index contributed by atoms with van der Waals surface area (Å²) in [6.07, 6.45) is 2.53. The second kappa shape index (κ2) is 5.78. The highest BCUT2D eigenvalue weighted by Gasteiger charge is 2.26. The molecule has 120 valence electrons. The molecule has 1 atom stereocenters. The predicted octanol–water partition coefficient (Wildman–Crippen LogP) is 5.24. The van der Waals surface area contributed by atoms with Gasteiger partial charge in [-0.05, 0) is 39.2 Å². The lowest BCUT2D eigenvalue weighted by molar-refractivity contribution is 0.359. The first-order chi connectivity index (χ1) is 10.2. The average molecular weight is 310 g/mol. The zero-order chi connectivity index (χ0) is 16.7. The first-order valence-corrected chi connectivity index (χ1v) is 7.40. The third-order valence-electron chi connectivity index (χ3n) is 3.84. The van der Waals surface area contributed by atoms with Crippen molar-refractivity contribution in [3.05, 3.63) is 41.3 Å². The molecule has 2 rings (SSSR count). The van der Waals surface area contributed by atoms with Crippen molar-refractivity contribution in [3.8, 4) is 11.3 Å². The molecule has 0 aliphatic rings. The lowest BCUT2D eigenvalue weighted by Gasteiger charge is -2.24. The minimum absolute atomic E-state index is 0.0432. The van der Waals surface area contributed by atoms with Crippen LogP contribution < -0.4 is 0 Å². The van der Waals surface area contributed by atoms with Gasteiger partial charge in [-0.1, -0.05) is 13.8 Å². The summed E-state index contributed by atoms with van der Waals surface area (Å²) in [5.74, 6) is -2.89. The first-order valence-electron chi connectivity index (χ1n) is 7.40. The maximum absolute atomic E-state index is 14.3. The van der Waals surface area contributed by atoms with Gasteiger partial charge in [0.25, 0.3) is 0 Å². The van der Waals surface area contributed by atoms with Crippen molar-refractivity contribution < 1.29 is 13.2 Å². The third-order valence-corrected chi connectivity index (χ3v) is 3.84. The van der Waals surface area contributed by atoms with E-state index < -0.39 is 23.0 Å². The summed E-state index contributed by atoms with van der Waals surface area (Å²) in [5.41, 5.74) is 0.987. The fourth-order valence-electron chi connectivity index (χ4n) is 2.42. The Hall–Kier alpha value is -1.78. The van der Waals surface area contributed by atoms with Crippen LogP contribution >= 0.6 is 0 Å². The topological polar surface area (TPSA) is 17.8 Å². The van der Waals surface area contributed by atoms with E-state index in [1.165, 1.54) is 0 Å². The van der Waals surface area contributed by atoms with E-state index in [1.54, 1.807) is 10.9 Å². The maximum Gasteiger partial charge on any atom is 0.161 e. The number of aromatic nitrogens is 2. The van der Waals surface area contributed by atoms with Crippen molar-refractivity contribution in [3.63, 3.8) is 0 Å². The van der Waals surface area contributed by atoms with E-state index in [0.717, 1.165) is 18.1 Å². The van der Waals surface area contributed by atoms with Gasteiger partial charge in [0, 0.05) is 17.2 Å². The molecule has 1 aromatic carbocycles. The predicted molar refractivity (Wildman–Crippen MR) is 81.2 cm³/mol. The Morgan fingerprint density at radius 3 is 2.23 bits per heavy atom. The van der Waals surface area contributed by atoms with E-state index >= 15 is 0 Å². The number of rotatable bonds is 3. The largest absolute Gasteiger partial charge is 0.259 e. The summed E-state index contributed by atoms with van der Waals surface area (Å²) >= 11 is 0. The van der Waals surface area contributed by atoms with Crippen LogP contribution in [0.4, 0.5) is 13.2 Å². The molecule has 22 heavy (non-hydrogen) atoms. The minimum Gasteiger partial charge on any atom is -0.259 e. The summed E-state index contributed by atoms with van der Waals surface area (Å²) in [7, 11) is 0. The van der Waals surface area contributed by atoms with Gasteiger partial charge in [-0.2, -0.15) is 5.10 Å². The lowest BCUT2D eigenvalue weighted by Crippen LogP contribution is -2.24. The quantitative estimate of drug-likeness (QED) is 0.709. The molecule has 0 aliphatic carbocycles. The van der Waals surface area contributed by atoms with E-state index in [-0.39, 0.29) is 11.5 Å². The third kappa shape index (κ3) is 2.89. The lowest BCUT2D eigenvalue weighted by atomic mass is 9.94. The molecule has 1 aromatic heterocycles. The van der Waals surface area contributed by atoms with Crippen LogP contribution in [0.25, 0.3) is 11.3 Å². The standard InChI is InChI=1S/C17H21F3N2/c1-6-10(2)12-9-21-22(17(3,4)5)16(12)11-7-14(19)15(20)8-13(11)18/h7-10H,6H2,1-5H3. The summed E-state index contributed by atoms with van der Waals surface area (Å²) in [5, 5.41) is 4.36. The highest BCUT2D eigenvalue weighted by atomic mass is 19.2. The fraction of sp³-hybridized carbons (Fsp3) is 0.471. The van der Waals surface area contributed by atoms with Crippen molar-refractivity contribution >= 4 is 0 Å². The second-order valence-electron chi connectivity index (χ2n) is 6.59. The molecule has 1 heterocycles. The molecule has 2 nitrogen and oxygen atoms in total. The summed E-state index contributed by atoms with van der Waals surface area (Å²) < 4.78 is 42.8. The molecular weight excluding hydrogens is 289 g/mol. The van der Waals surface area contributed by atoms with Crippen molar-refractivity contribution in [2.24, 2.45) is 0 Å². The summed E-state index contributed by atoms with van der Waals surface area (Å²) in [4.78, 5) is 0. The Morgan fingerprint density at radius 1 is 1.09 bits per heavy atom. The Morgan fingerprint density at radius 2 is 1.68 bits per heavy atom. The molecule has 0 saturated heterocycles.